The van der Waals surface area contributed by atoms with Gasteiger partial charge in [-0.05, 0) is 13.0 Å². The van der Waals surface area contributed by atoms with Crippen molar-refractivity contribution in [1.82, 2.24) is 0 Å². The van der Waals surface area contributed by atoms with Crippen molar-refractivity contribution < 1.29 is 24.4 Å². The van der Waals surface area contributed by atoms with E-state index in [1.807, 2.05) is 0 Å². The Kier molecular flexibility index (Phi) is 4.19. The van der Waals surface area contributed by atoms with Gasteiger partial charge in [0.15, 0.2) is 0 Å². The van der Waals surface area contributed by atoms with Gasteiger partial charge in [0.25, 0.3) is 5.69 Å². The molecule has 0 radical (unpaired) electrons. The lowest BCUT2D eigenvalue weighted by Crippen LogP contribution is -2.16. The van der Waals surface area contributed by atoms with Crippen LogP contribution in [-0.4, -0.2) is 28.7 Å². The summed E-state index contributed by atoms with van der Waals surface area (Å²) in [6.45, 7) is 1.72. The lowest BCUT2D eigenvalue weighted by atomic mass is 10.1. The van der Waals surface area contributed by atoms with Crippen LogP contribution in [0.25, 0.3) is 0 Å². The summed E-state index contributed by atoms with van der Waals surface area (Å²) < 4.78 is 4.58. The van der Waals surface area contributed by atoms with Gasteiger partial charge in [-0.2, -0.15) is 0 Å². The number of carboxylic acids is 1. The average Bonchev–Trinajstić information content (AvgIpc) is 2.29. The zero-order chi connectivity index (χ0) is 13.7. The van der Waals surface area contributed by atoms with Crippen molar-refractivity contribution >= 4 is 23.4 Å². The van der Waals surface area contributed by atoms with Crippen LogP contribution in [0.15, 0.2) is 18.2 Å². The second kappa shape index (κ2) is 5.62. The van der Waals surface area contributed by atoms with E-state index in [0.717, 1.165) is 18.2 Å². The lowest BCUT2D eigenvalue weighted by Gasteiger charge is -2.07. The molecular weight excluding hydrogens is 244 g/mol. The number of aromatic carboxylic acids is 1. The summed E-state index contributed by atoms with van der Waals surface area (Å²) >= 11 is 0. The molecule has 0 bridgehead atoms. The van der Waals surface area contributed by atoms with E-state index in [-0.39, 0.29) is 23.5 Å². The fraction of sp³-hybridized carbons (Fsp3) is 0.200. The first-order valence-electron chi connectivity index (χ1n) is 4.91. The Bertz CT molecular complexity index is 499. The Morgan fingerprint density at radius 1 is 1.50 bits per heavy atom. The first kappa shape index (κ1) is 13.4. The molecule has 1 amide bonds. The molecule has 0 aliphatic carbocycles. The summed E-state index contributed by atoms with van der Waals surface area (Å²) in [7, 11) is 0. The minimum atomic E-state index is -1.38. The van der Waals surface area contributed by atoms with Gasteiger partial charge in [-0.1, -0.05) is 0 Å². The number of non-ortho nitro benzene ring substituents is 1. The Morgan fingerprint density at radius 3 is 2.67 bits per heavy atom. The second-order valence-electron chi connectivity index (χ2n) is 3.14. The van der Waals surface area contributed by atoms with E-state index in [9.17, 15) is 19.7 Å². The highest BCUT2D eigenvalue weighted by atomic mass is 16.6. The Labute approximate surface area is 101 Å². The fourth-order valence-electron chi connectivity index (χ4n) is 1.21. The molecule has 8 nitrogen and oxygen atoms in total. The molecule has 96 valence electrons. The molecule has 1 rings (SSSR count). The molecule has 0 aromatic heterocycles. The molecule has 1 aromatic rings. The van der Waals surface area contributed by atoms with Crippen LogP contribution in [0.3, 0.4) is 0 Å². The number of rotatable bonds is 4. The second-order valence-corrected chi connectivity index (χ2v) is 3.14. The smallest absolute Gasteiger partial charge is 0.411 e. The minimum Gasteiger partial charge on any atom is -0.478 e. The molecule has 2 N–H and O–H groups in total. The maximum Gasteiger partial charge on any atom is 0.411 e. The maximum absolute atomic E-state index is 11.1. The Hall–Kier alpha value is -2.64. The van der Waals surface area contributed by atoms with E-state index >= 15 is 0 Å². The van der Waals surface area contributed by atoms with E-state index in [4.69, 9.17) is 5.11 Å². The molecule has 1 aromatic carbocycles. The summed E-state index contributed by atoms with van der Waals surface area (Å²) in [6, 6.07) is 3.09. The third-order valence-electron chi connectivity index (χ3n) is 1.96. The molecule has 0 aliphatic heterocycles. The van der Waals surface area contributed by atoms with E-state index < -0.39 is 17.0 Å². The van der Waals surface area contributed by atoms with E-state index in [2.05, 4.69) is 10.1 Å². The molecule has 0 saturated carbocycles. The number of nitrogens with zero attached hydrogens (tertiary/aromatic N) is 1. The van der Waals surface area contributed by atoms with Crippen molar-refractivity contribution in [3.05, 3.63) is 33.9 Å². The summed E-state index contributed by atoms with van der Waals surface area (Å²) in [4.78, 5) is 31.9. The van der Waals surface area contributed by atoms with Crippen LogP contribution in [-0.2, 0) is 4.74 Å². The van der Waals surface area contributed by atoms with E-state index in [0.29, 0.717) is 0 Å². The number of carbonyl (C=O) groups is 2. The molecule has 0 heterocycles. The number of benzene rings is 1. The maximum atomic E-state index is 11.1. The van der Waals surface area contributed by atoms with Crippen molar-refractivity contribution in [1.29, 1.82) is 0 Å². The third kappa shape index (κ3) is 3.17. The van der Waals surface area contributed by atoms with Crippen molar-refractivity contribution in [2.45, 2.75) is 6.92 Å². The number of hydrogen-bond acceptors (Lipinski definition) is 5. The molecule has 0 saturated heterocycles. The number of carbonyl (C=O) groups excluding carboxylic acids is 1. The Balaban J connectivity index is 3.08. The first-order valence-corrected chi connectivity index (χ1v) is 4.91. The van der Waals surface area contributed by atoms with Gasteiger partial charge in [-0.25, -0.2) is 9.59 Å². The van der Waals surface area contributed by atoms with Crippen molar-refractivity contribution in [3.63, 3.8) is 0 Å². The largest absolute Gasteiger partial charge is 0.478 e. The SMILES string of the molecule is CCOC(=O)Nc1ccc([N+](=O)[O-])cc1C(=O)O. The normalized spacial score (nSPS) is 9.61. The molecule has 0 fully saturated rings. The molecule has 0 atom stereocenters. The highest BCUT2D eigenvalue weighted by molar-refractivity contribution is 5.99. The van der Waals surface area contributed by atoms with Crippen LogP contribution >= 0.6 is 0 Å². The zero-order valence-corrected chi connectivity index (χ0v) is 9.37. The van der Waals surface area contributed by atoms with Crippen LogP contribution in [0.4, 0.5) is 16.2 Å². The third-order valence-corrected chi connectivity index (χ3v) is 1.96. The molecule has 0 unspecified atom stereocenters. The van der Waals surface area contributed by atoms with Gasteiger partial charge in [-0.15, -0.1) is 0 Å². The molecule has 0 aliphatic rings. The number of amides is 1. The first-order chi connectivity index (χ1) is 8.45. The average molecular weight is 254 g/mol. The fourth-order valence-corrected chi connectivity index (χ4v) is 1.21. The topological polar surface area (TPSA) is 119 Å². The number of nitro groups is 1. The van der Waals surface area contributed by atoms with Crippen molar-refractivity contribution in [3.8, 4) is 0 Å². The molecule has 18 heavy (non-hydrogen) atoms. The monoisotopic (exact) mass is 254 g/mol. The van der Waals surface area contributed by atoms with Gasteiger partial charge in [0.2, 0.25) is 0 Å². The van der Waals surface area contributed by atoms with Crippen LogP contribution < -0.4 is 5.32 Å². The zero-order valence-electron chi connectivity index (χ0n) is 9.37. The Morgan fingerprint density at radius 2 is 2.17 bits per heavy atom. The van der Waals surface area contributed by atoms with Crippen LogP contribution in [0.2, 0.25) is 0 Å². The van der Waals surface area contributed by atoms with E-state index in [1.54, 1.807) is 6.92 Å². The number of carboxylic acid groups (broad SMARTS) is 1. The summed E-state index contributed by atoms with van der Waals surface area (Å²) in [5, 5.41) is 21.6. The van der Waals surface area contributed by atoms with Gasteiger partial charge >= 0.3 is 12.1 Å². The van der Waals surface area contributed by atoms with E-state index in [1.165, 1.54) is 0 Å². The standard InChI is InChI=1S/C10H10N2O6/c1-2-18-10(15)11-8-4-3-6(12(16)17)5-7(8)9(13)14/h3-5H,2H2,1H3,(H,11,15)(H,13,14). The number of nitro benzene ring substituents is 1. The van der Waals surface area contributed by atoms with Gasteiger partial charge < -0.3 is 9.84 Å². The van der Waals surface area contributed by atoms with Crippen LogP contribution in [0, 0.1) is 10.1 Å². The molecular formula is C10H10N2O6. The number of hydrogen-bond donors (Lipinski definition) is 2. The van der Waals surface area contributed by atoms with Crippen molar-refractivity contribution in [2.75, 3.05) is 11.9 Å². The summed E-state index contributed by atoms with van der Waals surface area (Å²) in [5.74, 6) is -1.38. The van der Waals surface area contributed by atoms with Crippen molar-refractivity contribution in [2.24, 2.45) is 0 Å². The van der Waals surface area contributed by atoms with Gasteiger partial charge in [0, 0.05) is 12.1 Å². The number of anilines is 1. The van der Waals surface area contributed by atoms with Gasteiger partial charge in [0.05, 0.1) is 22.8 Å². The summed E-state index contributed by atoms with van der Waals surface area (Å²) in [5.41, 5.74) is -0.814. The quantitative estimate of drug-likeness (QED) is 0.625. The number of nitrogens with one attached hydrogen (secondary N) is 1. The molecule has 8 heteroatoms. The van der Waals surface area contributed by atoms with Crippen LogP contribution in [0.1, 0.15) is 17.3 Å². The van der Waals surface area contributed by atoms with Gasteiger partial charge in [0.1, 0.15) is 0 Å². The van der Waals surface area contributed by atoms with Gasteiger partial charge in [-0.3, -0.25) is 15.4 Å². The lowest BCUT2D eigenvalue weighted by molar-refractivity contribution is -0.384. The highest BCUT2D eigenvalue weighted by Gasteiger charge is 2.17. The van der Waals surface area contributed by atoms with Crippen LogP contribution in [0.5, 0.6) is 0 Å². The summed E-state index contributed by atoms with van der Waals surface area (Å²) in [6.07, 6.45) is -0.825. The highest BCUT2D eigenvalue weighted by Crippen LogP contribution is 2.22. The predicted molar refractivity (Wildman–Crippen MR) is 60.7 cm³/mol. The minimum absolute atomic E-state index is 0.0634. The number of ether oxygens (including phenoxy) is 1. The predicted octanol–water partition coefficient (Wildman–Crippen LogP) is 1.86. The molecule has 0 spiro atoms.